The second-order valence-corrected chi connectivity index (χ2v) is 7.64. The van der Waals surface area contributed by atoms with Gasteiger partial charge in [-0.25, -0.2) is 4.79 Å². The molecule has 2 aromatic rings. The van der Waals surface area contributed by atoms with Crippen LogP contribution in [-0.4, -0.2) is 60.8 Å². The molecule has 1 saturated heterocycles. The summed E-state index contributed by atoms with van der Waals surface area (Å²) in [4.78, 5) is 29.9. The van der Waals surface area contributed by atoms with Crippen molar-refractivity contribution in [1.82, 2.24) is 4.90 Å². The van der Waals surface area contributed by atoms with Crippen LogP contribution in [0.5, 0.6) is 0 Å². The average molecular weight is 411 g/mol. The number of aliphatic hydroxyl groups is 1. The number of esters is 1. The van der Waals surface area contributed by atoms with Gasteiger partial charge in [0.1, 0.15) is 5.54 Å². The summed E-state index contributed by atoms with van der Waals surface area (Å²) in [6.07, 6.45) is 1.88. The van der Waals surface area contributed by atoms with Gasteiger partial charge >= 0.3 is 5.97 Å². The maximum Gasteiger partial charge on any atom is 0.332 e. The lowest BCUT2D eigenvalue weighted by atomic mass is 9.84. The van der Waals surface area contributed by atoms with E-state index in [1.54, 1.807) is 4.90 Å². The highest BCUT2D eigenvalue weighted by Gasteiger charge is 2.49. The van der Waals surface area contributed by atoms with Gasteiger partial charge in [-0.2, -0.15) is 0 Å². The molecular formula is C24H30N2O4. The number of anilines is 1. The largest absolute Gasteiger partial charge is 0.467 e. The van der Waals surface area contributed by atoms with Crippen molar-refractivity contribution >= 4 is 17.6 Å². The van der Waals surface area contributed by atoms with Crippen LogP contribution in [0.3, 0.4) is 0 Å². The third-order valence-corrected chi connectivity index (χ3v) is 5.83. The van der Waals surface area contributed by atoms with Crippen LogP contribution in [0.15, 0.2) is 60.7 Å². The molecule has 1 fully saturated rings. The second-order valence-electron chi connectivity index (χ2n) is 7.64. The zero-order valence-corrected chi connectivity index (χ0v) is 17.5. The summed E-state index contributed by atoms with van der Waals surface area (Å²) in [7, 11) is 1.37. The van der Waals surface area contributed by atoms with Gasteiger partial charge in [0.25, 0.3) is 0 Å². The topological polar surface area (TPSA) is 70.1 Å². The number of amides is 1. The minimum absolute atomic E-state index is 0.0363. The van der Waals surface area contributed by atoms with Crippen LogP contribution in [0.4, 0.5) is 5.69 Å². The molecule has 1 N–H and O–H groups in total. The fourth-order valence-electron chi connectivity index (χ4n) is 4.20. The maximum atomic E-state index is 13.0. The minimum atomic E-state index is -1.06. The first kappa shape index (κ1) is 22.0. The van der Waals surface area contributed by atoms with Gasteiger partial charge in [-0.15, -0.1) is 0 Å². The number of hydrogen-bond donors (Lipinski definition) is 1. The lowest BCUT2D eigenvalue weighted by molar-refractivity contribution is -0.151. The normalized spacial score (nSPS) is 16.1. The number of ether oxygens (including phenoxy) is 1. The van der Waals surface area contributed by atoms with Gasteiger partial charge < -0.3 is 14.7 Å². The molecule has 0 saturated carbocycles. The van der Waals surface area contributed by atoms with Crippen LogP contribution in [-0.2, 0) is 20.7 Å². The van der Waals surface area contributed by atoms with Crippen molar-refractivity contribution in [2.45, 2.75) is 31.2 Å². The number of rotatable bonds is 8. The molecular weight excluding hydrogens is 380 g/mol. The molecule has 0 aromatic heterocycles. The fourth-order valence-corrected chi connectivity index (χ4v) is 4.20. The van der Waals surface area contributed by atoms with Crippen molar-refractivity contribution in [1.29, 1.82) is 0 Å². The van der Waals surface area contributed by atoms with Crippen LogP contribution in [0.2, 0.25) is 0 Å². The lowest BCUT2D eigenvalue weighted by Crippen LogP contribution is -2.63. The number of piperidine rings is 1. The van der Waals surface area contributed by atoms with E-state index in [9.17, 15) is 14.7 Å². The molecule has 0 aliphatic carbocycles. The van der Waals surface area contributed by atoms with E-state index in [0.717, 1.165) is 13.0 Å². The Balaban J connectivity index is 1.80. The Kier molecular flexibility index (Phi) is 7.60. The van der Waals surface area contributed by atoms with Gasteiger partial charge in [-0.05, 0) is 37.0 Å². The lowest BCUT2D eigenvalue weighted by Gasteiger charge is -2.46. The molecule has 1 amide bonds. The van der Waals surface area contributed by atoms with Crippen LogP contribution in [0.1, 0.15) is 24.8 Å². The summed E-state index contributed by atoms with van der Waals surface area (Å²) < 4.78 is 5.17. The van der Waals surface area contributed by atoms with Gasteiger partial charge in [-0.1, -0.05) is 48.5 Å². The highest BCUT2D eigenvalue weighted by Crippen LogP contribution is 2.35. The smallest absolute Gasteiger partial charge is 0.332 e. The molecule has 1 aliphatic heterocycles. The Bertz CT molecular complexity index is 818. The summed E-state index contributed by atoms with van der Waals surface area (Å²) in [5, 5.41) is 9.36. The van der Waals surface area contributed by atoms with Crippen molar-refractivity contribution in [2.24, 2.45) is 0 Å². The third-order valence-electron chi connectivity index (χ3n) is 5.83. The SMILES string of the molecule is COC(=O)C1(N(C(=O)CCO)c2ccccc2)CCN(CCc2ccccc2)CC1. The molecule has 0 spiro atoms. The maximum absolute atomic E-state index is 13.0. The number of carbonyl (C=O) groups excluding carboxylic acids is 2. The quantitative estimate of drug-likeness (QED) is 0.678. The van der Waals surface area contributed by atoms with Gasteiger partial charge in [0, 0.05) is 25.3 Å². The van der Waals surface area contributed by atoms with Crippen molar-refractivity contribution in [3.05, 3.63) is 66.2 Å². The number of nitrogens with zero attached hydrogens (tertiary/aromatic N) is 2. The van der Waals surface area contributed by atoms with E-state index in [-0.39, 0.29) is 18.9 Å². The van der Waals surface area contributed by atoms with Gasteiger partial charge in [-0.3, -0.25) is 9.69 Å². The molecule has 0 bridgehead atoms. The average Bonchev–Trinajstić information content (AvgIpc) is 2.79. The second kappa shape index (κ2) is 10.4. The Morgan fingerprint density at radius 1 is 1.03 bits per heavy atom. The number of aliphatic hydroxyl groups excluding tert-OH is 1. The van der Waals surface area contributed by atoms with E-state index < -0.39 is 11.5 Å². The third kappa shape index (κ3) is 4.89. The Morgan fingerprint density at radius 2 is 1.63 bits per heavy atom. The number of likely N-dealkylation sites (tertiary alicyclic amines) is 1. The van der Waals surface area contributed by atoms with Crippen LogP contribution < -0.4 is 4.90 Å². The van der Waals surface area contributed by atoms with E-state index in [4.69, 9.17) is 4.74 Å². The molecule has 0 radical (unpaired) electrons. The number of carbonyl (C=O) groups is 2. The fraction of sp³-hybridized carbons (Fsp3) is 0.417. The van der Waals surface area contributed by atoms with Crippen molar-refractivity contribution in [3.63, 3.8) is 0 Å². The first-order chi connectivity index (χ1) is 14.6. The Hall–Kier alpha value is -2.70. The summed E-state index contributed by atoms with van der Waals surface area (Å²) in [5.41, 5.74) is 0.872. The molecule has 1 heterocycles. The molecule has 1 aliphatic rings. The van der Waals surface area contributed by atoms with Gasteiger partial charge in [0.15, 0.2) is 0 Å². The Morgan fingerprint density at radius 3 is 2.20 bits per heavy atom. The summed E-state index contributed by atoms with van der Waals surface area (Å²) in [6.45, 7) is 2.02. The number of para-hydroxylation sites is 1. The van der Waals surface area contributed by atoms with Gasteiger partial charge in [0.2, 0.25) is 5.91 Å². The van der Waals surface area contributed by atoms with Crippen LogP contribution >= 0.6 is 0 Å². The standard InChI is InChI=1S/C24H30N2O4/c1-30-23(29)24(26(22(28)13-19-27)21-10-6-3-7-11-21)14-17-25(18-15-24)16-12-20-8-4-2-5-9-20/h2-11,27H,12-19H2,1H3. The predicted octanol–water partition coefficient (Wildman–Crippen LogP) is 2.65. The molecule has 6 nitrogen and oxygen atoms in total. The number of benzene rings is 2. The first-order valence-electron chi connectivity index (χ1n) is 10.4. The molecule has 0 unspecified atom stereocenters. The van der Waals surface area contributed by atoms with E-state index in [1.807, 2.05) is 48.5 Å². The zero-order chi connectivity index (χ0) is 21.4. The van der Waals surface area contributed by atoms with Gasteiger partial charge in [0.05, 0.1) is 20.1 Å². The summed E-state index contributed by atoms with van der Waals surface area (Å²) in [6, 6.07) is 19.5. The first-order valence-corrected chi connectivity index (χ1v) is 10.4. The van der Waals surface area contributed by atoms with E-state index in [0.29, 0.717) is 31.6 Å². The highest BCUT2D eigenvalue weighted by molar-refractivity contribution is 6.02. The molecule has 30 heavy (non-hydrogen) atoms. The number of hydrogen-bond acceptors (Lipinski definition) is 5. The van der Waals surface area contributed by atoms with Crippen molar-refractivity contribution in [2.75, 3.05) is 38.3 Å². The highest BCUT2D eigenvalue weighted by atomic mass is 16.5. The van der Waals surface area contributed by atoms with Crippen LogP contribution in [0, 0.1) is 0 Å². The summed E-state index contributed by atoms with van der Waals surface area (Å²) in [5.74, 6) is -0.674. The molecule has 6 heteroatoms. The van der Waals surface area contributed by atoms with E-state index in [2.05, 4.69) is 17.0 Å². The molecule has 160 valence electrons. The summed E-state index contributed by atoms with van der Waals surface area (Å²) >= 11 is 0. The van der Waals surface area contributed by atoms with Crippen molar-refractivity contribution in [3.8, 4) is 0 Å². The van der Waals surface area contributed by atoms with E-state index >= 15 is 0 Å². The number of methoxy groups -OCH3 is 1. The monoisotopic (exact) mass is 410 g/mol. The zero-order valence-electron chi connectivity index (χ0n) is 17.5. The molecule has 2 aromatic carbocycles. The Labute approximate surface area is 178 Å². The minimum Gasteiger partial charge on any atom is -0.467 e. The van der Waals surface area contributed by atoms with Crippen LogP contribution in [0.25, 0.3) is 0 Å². The van der Waals surface area contributed by atoms with Crippen molar-refractivity contribution < 1.29 is 19.4 Å². The predicted molar refractivity (Wildman–Crippen MR) is 116 cm³/mol. The van der Waals surface area contributed by atoms with E-state index in [1.165, 1.54) is 12.7 Å². The molecule has 0 atom stereocenters. The molecule has 3 rings (SSSR count).